The Hall–Kier alpha value is -0.530. The number of carbonyl (C=O) groups excluding carboxylic acids is 1. The number of rotatable bonds is 14. The molecule has 0 aromatic rings. The van der Waals surface area contributed by atoms with Crippen molar-refractivity contribution >= 4 is 5.91 Å². The Balaban J connectivity index is 5.23. The molecule has 0 aromatic carbocycles. The smallest absolute Gasteiger partial charge is 0.223 e. The molecular weight excluding hydrogens is 306 g/mol. The molecule has 0 fully saturated rings. The molecule has 1 amide bonds. The monoisotopic (exact) mass is 353 g/mol. The van der Waals surface area contributed by atoms with Gasteiger partial charge < -0.3 is 4.90 Å². The topological polar surface area (TPSA) is 20.3 Å². The van der Waals surface area contributed by atoms with Gasteiger partial charge in [-0.1, -0.05) is 93.4 Å². The highest BCUT2D eigenvalue weighted by Gasteiger charge is 2.28. The normalized spacial score (nSPS) is 13.3. The van der Waals surface area contributed by atoms with E-state index in [-0.39, 0.29) is 5.41 Å². The van der Waals surface area contributed by atoms with Crippen LogP contribution in [0.3, 0.4) is 0 Å². The lowest BCUT2D eigenvalue weighted by Crippen LogP contribution is -2.44. The van der Waals surface area contributed by atoms with Crippen LogP contribution in [0.15, 0.2) is 0 Å². The van der Waals surface area contributed by atoms with Crippen LogP contribution in [0.2, 0.25) is 0 Å². The average Bonchev–Trinajstić information content (AvgIpc) is 2.54. The zero-order chi connectivity index (χ0) is 19.3. The van der Waals surface area contributed by atoms with Crippen LogP contribution in [0.25, 0.3) is 0 Å². The molecule has 0 saturated carbocycles. The Kier molecular flexibility index (Phi) is 13.4. The van der Waals surface area contributed by atoms with E-state index in [1.165, 1.54) is 64.2 Å². The zero-order valence-corrected chi connectivity index (χ0v) is 18.5. The van der Waals surface area contributed by atoms with E-state index in [1.54, 1.807) is 0 Å². The van der Waals surface area contributed by atoms with Gasteiger partial charge in [-0.05, 0) is 30.6 Å². The number of amides is 1. The lowest BCUT2D eigenvalue weighted by molar-refractivity contribution is -0.136. The fourth-order valence-electron chi connectivity index (χ4n) is 3.54. The highest BCUT2D eigenvalue weighted by Crippen LogP contribution is 2.26. The minimum absolute atomic E-state index is 0.0700. The van der Waals surface area contributed by atoms with Crippen LogP contribution in [0.5, 0.6) is 0 Å². The van der Waals surface area contributed by atoms with E-state index in [9.17, 15) is 4.79 Å². The second-order valence-corrected chi connectivity index (χ2v) is 9.14. The lowest BCUT2D eigenvalue weighted by Gasteiger charge is -2.36. The molecule has 0 rings (SSSR count). The van der Waals surface area contributed by atoms with Crippen LogP contribution in [0, 0.1) is 11.3 Å². The molecule has 0 saturated heterocycles. The molecule has 2 heteroatoms. The average molecular weight is 354 g/mol. The Morgan fingerprint density at radius 3 is 1.72 bits per heavy atom. The maximum Gasteiger partial charge on any atom is 0.223 e. The van der Waals surface area contributed by atoms with Gasteiger partial charge in [0.15, 0.2) is 0 Å². The van der Waals surface area contributed by atoms with Crippen molar-refractivity contribution in [3.63, 3.8) is 0 Å². The van der Waals surface area contributed by atoms with Gasteiger partial charge in [0, 0.05) is 19.0 Å². The van der Waals surface area contributed by atoms with Crippen molar-refractivity contribution in [3.05, 3.63) is 0 Å². The highest BCUT2D eigenvalue weighted by atomic mass is 16.2. The van der Waals surface area contributed by atoms with E-state index in [2.05, 4.69) is 53.4 Å². The minimum atomic E-state index is 0.0700. The van der Waals surface area contributed by atoms with Gasteiger partial charge in [0.25, 0.3) is 0 Å². The van der Waals surface area contributed by atoms with Crippen LogP contribution in [0.1, 0.15) is 119 Å². The number of hydrogen-bond acceptors (Lipinski definition) is 1. The van der Waals surface area contributed by atoms with Crippen LogP contribution >= 0.6 is 0 Å². The van der Waals surface area contributed by atoms with Crippen molar-refractivity contribution in [2.24, 2.45) is 11.3 Å². The summed E-state index contributed by atoms with van der Waals surface area (Å²) < 4.78 is 0. The molecule has 0 bridgehead atoms. The third kappa shape index (κ3) is 11.7. The summed E-state index contributed by atoms with van der Waals surface area (Å²) in [4.78, 5) is 15.5. The molecule has 0 aliphatic rings. The Morgan fingerprint density at radius 1 is 0.840 bits per heavy atom. The maximum atomic E-state index is 13.2. The first kappa shape index (κ1) is 24.5. The van der Waals surface area contributed by atoms with Crippen LogP contribution in [-0.2, 0) is 4.79 Å². The van der Waals surface area contributed by atoms with E-state index >= 15 is 0 Å². The van der Waals surface area contributed by atoms with Gasteiger partial charge in [-0.3, -0.25) is 4.79 Å². The summed E-state index contributed by atoms with van der Waals surface area (Å²) in [6.45, 7) is 16.6. The minimum Gasteiger partial charge on any atom is -0.339 e. The standard InChI is InChI=1S/C23H47NO/c1-8-12-15-20(11-4)19-24(22(25)18-23(5,6)7)21(16-13-9-2)17-14-10-3/h20-21H,8-19H2,1-7H3. The molecule has 0 radical (unpaired) electrons. The summed E-state index contributed by atoms with van der Waals surface area (Å²) >= 11 is 0. The number of unbranched alkanes of at least 4 members (excludes halogenated alkanes) is 3. The van der Waals surface area contributed by atoms with Gasteiger partial charge in [-0.2, -0.15) is 0 Å². The molecule has 150 valence electrons. The third-order valence-corrected chi connectivity index (χ3v) is 5.22. The van der Waals surface area contributed by atoms with Crippen molar-refractivity contribution < 1.29 is 4.79 Å². The van der Waals surface area contributed by atoms with Crippen molar-refractivity contribution in [1.82, 2.24) is 4.90 Å². The molecule has 1 atom stereocenters. The summed E-state index contributed by atoms with van der Waals surface area (Å²) in [5.41, 5.74) is 0.0700. The fourth-order valence-corrected chi connectivity index (χ4v) is 3.54. The SMILES string of the molecule is CCCCC(CC)CN(C(=O)CC(C)(C)C)C(CCCC)CCCC. The Morgan fingerprint density at radius 2 is 1.32 bits per heavy atom. The molecule has 0 aliphatic heterocycles. The summed E-state index contributed by atoms with van der Waals surface area (Å²) in [6.07, 6.45) is 12.9. The lowest BCUT2D eigenvalue weighted by atomic mass is 9.89. The molecule has 0 spiro atoms. The number of hydrogen-bond donors (Lipinski definition) is 0. The van der Waals surface area contributed by atoms with Crippen LogP contribution < -0.4 is 0 Å². The number of carbonyl (C=O) groups is 1. The first-order chi connectivity index (χ1) is 11.8. The summed E-state index contributed by atoms with van der Waals surface area (Å²) in [7, 11) is 0. The van der Waals surface area contributed by atoms with Crippen molar-refractivity contribution in [1.29, 1.82) is 0 Å². The molecule has 1 unspecified atom stereocenters. The summed E-state index contributed by atoms with van der Waals surface area (Å²) in [5, 5.41) is 0. The first-order valence-electron chi connectivity index (χ1n) is 11.1. The summed E-state index contributed by atoms with van der Waals surface area (Å²) in [6, 6.07) is 0.449. The van der Waals surface area contributed by atoms with Gasteiger partial charge in [0.2, 0.25) is 5.91 Å². The molecule has 25 heavy (non-hydrogen) atoms. The largest absolute Gasteiger partial charge is 0.339 e. The zero-order valence-electron chi connectivity index (χ0n) is 18.5. The Labute approximate surface area is 159 Å². The molecular formula is C23H47NO. The van der Waals surface area contributed by atoms with Gasteiger partial charge in [0.05, 0.1) is 0 Å². The van der Waals surface area contributed by atoms with Gasteiger partial charge in [-0.15, -0.1) is 0 Å². The van der Waals surface area contributed by atoms with E-state index in [1.807, 2.05) is 0 Å². The second-order valence-electron chi connectivity index (χ2n) is 9.14. The van der Waals surface area contributed by atoms with E-state index in [0.29, 0.717) is 24.3 Å². The maximum absolute atomic E-state index is 13.2. The van der Waals surface area contributed by atoms with Crippen molar-refractivity contribution in [3.8, 4) is 0 Å². The van der Waals surface area contributed by atoms with Crippen LogP contribution in [-0.4, -0.2) is 23.4 Å². The van der Waals surface area contributed by atoms with Crippen LogP contribution in [0.4, 0.5) is 0 Å². The van der Waals surface area contributed by atoms with E-state index in [4.69, 9.17) is 0 Å². The predicted molar refractivity (Wildman–Crippen MR) is 112 cm³/mol. The predicted octanol–water partition coefficient (Wildman–Crippen LogP) is 7.22. The van der Waals surface area contributed by atoms with Gasteiger partial charge >= 0.3 is 0 Å². The fraction of sp³-hybridized carbons (Fsp3) is 0.957. The van der Waals surface area contributed by atoms with E-state index in [0.717, 1.165) is 6.54 Å². The quantitative estimate of drug-likeness (QED) is 0.323. The van der Waals surface area contributed by atoms with E-state index < -0.39 is 0 Å². The van der Waals surface area contributed by atoms with Crippen molar-refractivity contribution in [2.75, 3.05) is 6.54 Å². The first-order valence-corrected chi connectivity index (χ1v) is 11.1. The highest BCUT2D eigenvalue weighted by molar-refractivity contribution is 5.77. The summed E-state index contributed by atoms with van der Waals surface area (Å²) in [5.74, 6) is 1.05. The van der Waals surface area contributed by atoms with Crippen molar-refractivity contribution in [2.45, 2.75) is 125 Å². The van der Waals surface area contributed by atoms with Gasteiger partial charge in [-0.25, -0.2) is 0 Å². The molecule has 0 heterocycles. The number of nitrogens with zero attached hydrogens (tertiary/aromatic N) is 1. The Bertz CT molecular complexity index is 323. The molecule has 0 aliphatic carbocycles. The van der Waals surface area contributed by atoms with Gasteiger partial charge in [0.1, 0.15) is 0 Å². The molecule has 0 aromatic heterocycles. The molecule has 2 nitrogen and oxygen atoms in total. The third-order valence-electron chi connectivity index (χ3n) is 5.22. The second kappa shape index (κ2) is 13.6. The molecule has 0 N–H and O–H groups in total.